The van der Waals surface area contributed by atoms with Crippen LogP contribution in [0.15, 0.2) is 0 Å². The van der Waals surface area contributed by atoms with Gasteiger partial charge >= 0.3 is 0 Å². The molecule has 0 amide bonds. The lowest BCUT2D eigenvalue weighted by Crippen LogP contribution is -2.35. The van der Waals surface area contributed by atoms with E-state index in [0.29, 0.717) is 0 Å². The van der Waals surface area contributed by atoms with Gasteiger partial charge in [-0.1, -0.05) is 25.7 Å². The first-order chi connectivity index (χ1) is 5.87. The molecule has 2 aliphatic rings. The molecule has 2 rings (SSSR count). The molecule has 1 nitrogen and oxygen atoms in total. The molecule has 1 heteroatoms. The molecule has 0 atom stereocenters. The quantitative estimate of drug-likeness (QED) is 0.582. The Morgan fingerprint density at radius 3 is 2.08 bits per heavy atom. The van der Waals surface area contributed by atoms with Crippen LogP contribution in [0.4, 0.5) is 0 Å². The summed E-state index contributed by atoms with van der Waals surface area (Å²) < 4.78 is 0. The van der Waals surface area contributed by atoms with Gasteiger partial charge in [-0.25, -0.2) is 0 Å². The van der Waals surface area contributed by atoms with Crippen LogP contribution in [0, 0.1) is 22.7 Å². The highest BCUT2D eigenvalue weighted by Gasteiger charge is 2.42. The highest BCUT2D eigenvalue weighted by atomic mass is 14.5. The summed E-state index contributed by atoms with van der Waals surface area (Å²) in [5.41, 5.74) is 0.122. The number of rotatable bonds is 1. The Labute approximate surface area is 74.8 Å². The first-order valence-corrected chi connectivity index (χ1v) is 5.29. The molecule has 0 heterocycles. The molecule has 0 spiro atoms. The lowest BCUT2D eigenvalue weighted by atomic mass is 9.60. The van der Waals surface area contributed by atoms with E-state index in [1.54, 1.807) is 0 Å². The van der Waals surface area contributed by atoms with E-state index in [2.05, 4.69) is 6.07 Å². The van der Waals surface area contributed by atoms with E-state index in [1.165, 1.54) is 51.4 Å². The van der Waals surface area contributed by atoms with E-state index in [-0.39, 0.29) is 5.41 Å². The molecule has 0 unspecified atom stereocenters. The largest absolute Gasteiger partial charge is 0.198 e. The molecule has 2 aliphatic carbocycles. The molecular weight excluding hydrogens is 146 g/mol. The van der Waals surface area contributed by atoms with Gasteiger partial charge in [-0.15, -0.1) is 0 Å². The van der Waals surface area contributed by atoms with E-state index < -0.39 is 0 Å². The van der Waals surface area contributed by atoms with Crippen molar-refractivity contribution in [1.82, 2.24) is 0 Å². The molecule has 0 aliphatic heterocycles. The molecule has 0 aromatic rings. The van der Waals surface area contributed by atoms with Gasteiger partial charge in [0.15, 0.2) is 0 Å². The molecule has 2 fully saturated rings. The van der Waals surface area contributed by atoms with Gasteiger partial charge in [0.25, 0.3) is 0 Å². The SMILES string of the molecule is N#CC1(C2CCC2)CCCCC1. The minimum atomic E-state index is 0.122. The molecule has 0 aromatic carbocycles. The summed E-state index contributed by atoms with van der Waals surface area (Å²) in [4.78, 5) is 0. The van der Waals surface area contributed by atoms with Gasteiger partial charge in [-0.3, -0.25) is 0 Å². The molecule has 0 saturated heterocycles. The summed E-state index contributed by atoms with van der Waals surface area (Å²) in [5, 5.41) is 9.23. The fourth-order valence-electron chi connectivity index (χ4n) is 2.75. The molecular formula is C11H17N. The number of nitrogens with zero attached hydrogens (tertiary/aromatic N) is 1. The average Bonchev–Trinajstić information content (AvgIpc) is 2.03. The van der Waals surface area contributed by atoms with Crippen LogP contribution in [-0.4, -0.2) is 0 Å². The van der Waals surface area contributed by atoms with Crippen LogP contribution in [0.2, 0.25) is 0 Å². The van der Waals surface area contributed by atoms with Crippen molar-refractivity contribution in [3.63, 3.8) is 0 Å². The monoisotopic (exact) mass is 163 g/mol. The smallest absolute Gasteiger partial charge is 0.0692 e. The summed E-state index contributed by atoms with van der Waals surface area (Å²) in [6.45, 7) is 0. The second-order valence-electron chi connectivity index (χ2n) is 4.46. The van der Waals surface area contributed by atoms with Crippen molar-refractivity contribution in [1.29, 1.82) is 5.26 Å². The van der Waals surface area contributed by atoms with Gasteiger partial charge in [-0.2, -0.15) is 5.26 Å². The van der Waals surface area contributed by atoms with Crippen molar-refractivity contribution < 1.29 is 0 Å². The Balaban J connectivity index is 2.06. The van der Waals surface area contributed by atoms with Crippen LogP contribution >= 0.6 is 0 Å². The fourth-order valence-corrected chi connectivity index (χ4v) is 2.75. The molecule has 0 bridgehead atoms. The van der Waals surface area contributed by atoms with Gasteiger partial charge in [0.05, 0.1) is 11.5 Å². The lowest BCUT2D eigenvalue weighted by molar-refractivity contribution is 0.0958. The van der Waals surface area contributed by atoms with Crippen molar-refractivity contribution >= 4 is 0 Å². The Morgan fingerprint density at radius 2 is 1.67 bits per heavy atom. The van der Waals surface area contributed by atoms with E-state index in [4.69, 9.17) is 0 Å². The Bertz CT molecular complexity index is 192. The van der Waals surface area contributed by atoms with Crippen LogP contribution in [0.3, 0.4) is 0 Å². The second-order valence-corrected chi connectivity index (χ2v) is 4.46. The molecule has 12 heavy (non-hydrogen) atoms. The minimum Gasteiger partial charge on any atom is -0.198 e. The maximum atomic E-state index is 9.23. The first kappa shape index (κ1) is 8.10. The van der Waals surface area contributed by atoms with Crippen molar-refractivity contribution in [2.75, 3.05) is 0 Å². The third-order valence-corrected chi connectivity index (χ3v) is 3.86. The number of hydrogen-bond acceptors (Lipinski definition) is 1. The van der Waals surface area contributed by atoms with Gasteiger partial charge in [0.2, 0.25) is 0 Å². The zero-order chi connectivity index (χ0) is 8.44. The molecule has 0 radical (unpaired) electrons. The number of hydrogen-bond donors (Lipinski definition) is 0. The normalized spacial score (nSPS) is 28.9. The lowest BCUT2D eigenvalue weighted by Gasteiger charge is -2.42. The number of nitriles is 1. The van der Waals surface area contributed by atoms with Gasteiger partial charge in [0.1, 0.15) is 0 Å². The molecule has 66 valence electrons. The molecule has 0 N–H and O–H groups in total. The molecule has 2 saturated carbocycles. The van der Waals surface area contributed by atoms with Crippen molar-refractivity contribution in [2.45, 2.75) is 51.4 Å². The third-order valence-electron chi connectivity index (χ3n) is 3.86. The maximum absolute atomic E-state index is 9.23. The highest BCUT2D eigenvalue weighted by molar-refractivity contribution is 5.06. The third kappa shape index (κ3) is 1.14. The Kier molecular flexibility index (Phi) is 2.09. The summed E-state index contributed by atoms with van der Waals surface area (Å²) in [6.07, 6.45) is 10.3. The summed E-state index contributed by atoms with van der Waals surface area (Å²) >= 11 is 0. The van der Waals surface area contributed by atoms with Crippen molar-refractivity contribution in [3.8, 4) is 6.07 Å². The van der Waals surface area contributed by atoms with Crippen LogP contribution in [0.1, 0.15) is 51.4 Å². The van der Waals surface area contributed by atoms with E-state index in [0.717, 1.165) is 5.92 Å². The van der Waals surface area contributed by atoms with Crippen LogP contribution in [0.5, 0.6) is 0 Å². The minimum absolute atomic E-state index is 0.122. The van der Waals surface area contributed by atoms with Gasteiger partial charge < -0.3 is 0 Å². The standard InChI is InChI=1S/C11H17N/c12-9-11(10-5-4-6-10)7-2-1-3-8-11/h10H,1-8H2. The highest BCUT2D eigenvalue weighted by Crippen LogP contribution is 2.50. The van der Waals surface area contributed by atoms with E-state index in [9.17, 15) is 5.26 Å². The van der Waals surface area contributed by atoms with Crippen molar-refractivity contribution in [3.05, 3.63) is 0 Å². The van der Waals surface area contributed by atoms with Crippen molar-refractivity contribution in [2.24, 2.45) is 11.3 Å². The summed E-state index contributed by atoms with van der Waals surface area (Å²) in [5.74, 6) is 0.766. The zero-order valence-electron chi connectivity index (χ0n) is 7.68. The molecule has 0 aromatic heterocycles. The topological polar surface area (TPSA) is 23.8 Å². The predicted octanol–water partition coefficient (Wildman–Crippen LogP) is 3.26. The first-order valence-electron chi connectivity index (χ1n) is 5.29. The van der Waals surface area contributed by atoms with E-state index >= 15 is 0 Å². The Morgan fingerprint density at radius 1 is 1.00 bits per heavy atom. The summed E-state index contributed by atoms with van der Waals surface area (Å²) in [6, 6.07) is 2.62. The van der Waals surface area contributed by atoms with Gasteiger partial charge in [-0.05, 0) is 31.6 Å². The van der Waals surface area contributed by atoms with Gasteiger partial charge in [0, 0.05) is 0 Å². The zero-order valence-corrected chi connectivity index (χ0v) is 7.68. The maximum Gasteiger partial charge on any atom is 0.0692 e. The average molecular weight is 163 g/mol. The fraction of sp³-hybridized carbons (Fsp3) is 0.909. The van der Waals surface area contributed by atoms with E-state index in [1.807, 2.05) is 0 Å². The second kappa shape index (κ2) is 3.09. The predicted molar refractivity (Wildman–Crippen MR) is 48.5 cm³/mol. The Hall–Kier alpha value is -0.510. The van der Waals surface area contributed by atoms with Crippen LogP contribution in [0.25, 0.3) is 0 Å². The van der Waals surface area contributed by atoms with Crippen LogP contribution < -0.4 is 0 Å². The summed E-state index contributed by atoms with van der Waals surface area (Å²) in [7, 11) is 0. The van der Waals surface area contributed by atoms with Crippen LogP contribution in [-0.2, 0) is 0 Å².